The Balaban J connectivity index is 0.000000280. The van der Waals surface area contributed by atoms with Gasteiger partial charge in [-0.15, -0.1) is 0 Å². The van der Waals surface area contributed by atoms with E-state index in [1.165, 1.54) is 56.4 Å². The molecule has 28 heavy (non-hydrogen) atoms. The molecule has 0 spiro atoms. The van der Waals surface area contributed by atoms with E-state index in [2.05, 4.69) is 37.9 Å². The molecule has 1 N–H and O–H groups in total. The molecule has 0 aromatic heterocycles. The Hall–Kier alpha value is -2.21. The molecule has 0 atom stereocenters. The minimum absolute atomic E-state index is 0.138. The van der Waals surface area contributed by atoms with Crippen molar-refractivity contribution >= 4 is 9.84 Å². The van der Waals surface area contributed by atoms with Crippen molar-refractivity contribution < 1.29 is 17.9 Å². The monoisotopic (exact) mass is 407 g/mol. The maximum absolute atomic E-state index is 11.3. The molecule has 0 radical (unpaired) electrons. The average molecular weight is 408 g/mol. The van der Waals surface area contributed by atoms with Gasteiger partial charge in [0.05, 0.1) is 14.2 Å². The van der Waals surface area contributed by atoms with Gasteiger partial charge in [0.1, 0.15) is 16.4 Å². The van der Waals surface area contributed by atoms with Crippen LogP contribution >= 0.6 is 0 Å². The number of hydrogen-bond acceptors (Lipinski definition) is 5. The van der Waals surface area contributed by atoms with Gasteiger partial charge in [0.2, 0.25) is 0 Å². The molecule has 0 bridgehead atoms. The lowest BCUT2D eigenvalue weighted by molar-refractivity contribution is 0.392. The molecular formula is C22H33NO4S. The lowest BCUT2D eigenvalue weighted by Crippen LogP contribution is -2.19. The first-order valence-corrected chi connectivity index (χ1v) is 11.3. The number of ether oxygens (including phenoxy) is 2. The quantitative estimate of drug-likeness (QED) is 0.666. The Morgan fingerprint density at radius 1 is 1.29 bits per heavy atom. The van der Waals surface area contributed by atoms with Crippen molar-refractivity contribution in [3.63, 3.8) is 0 Å². The molecule has 1 aromatic carbocycles. The van der Waals surface area contributed by atoms with Crippen molar-refractivity contribution in [2.75, 3.05) is 27.0 Å². The molecule has 1 heterocycles. The van der Waals surface area contributed by atoms with E-state index in [0.717, 1.165) is 19.2 Å². The Morgan fingerprint density at radius 3 is 2.54 bits per heavy atom. The van der Waals surface area contributed by atoms with E-state index in [1.807, 2.05) is 0 Å². The van der Waals surface area contributed by atoms with Gasteiger partial charge < -0.3 is 14.8 Å². The summed E-state index contributed by atoms with van der Waals surface area (Å²) in [5.74, 6) is 0.819. The number of benzene rings is 1. The van der Waals surface area contributed by atoms with Crippen LogP contribution in [0.1, 0.15) is 39.5 Å². The average Bonchev–Trinajstić information content (AvgIpc) is 2.67. The second-order valence-electron chi connectivity index (χ2n) is 6.71. The van der Waals surface area contributed by atoms with E-state index in [1.54, 1.807) is 12.1 Å². The molecule has 156 valence electrons. The minimum Gasteiger partial charge on any atom is -0.497 e. The van der Waals surface area contributed by atoms with Crippen molar-refractivity contribution in [2.24, 2.45) is 0 Å². The lowest BCUT2D eigenvalue weighted by atomic mass is 10.0. The zero-order valence-corrected chi connectivity index (χ0v) is 18.5. The largest absolute Gasteiger partial charge is 0.497 e. The van der Waals surface area contributed by atoms with E-state index in [9.17, 15) is 8.42 Å². The van der Waals surface area contributed by atoms with Gasteiger partial charge in [0.15, 0.2) is 9.84 Å². The number of allylic oxidation sites excluding steroid dienone is 5. The van der Waals surface area contributed by atoms with Crippen LogP contribution < -0.4 is 14.8 Å². The van der Waals surface area contributed by atoms with Crippen LogP contribution in [0.4, 0.5) is 0 Å². The molecule has 1 aromatic rings. The van der Waals surface area contributed by atoms with Crippen LogP contribution in [0.2, 0.25) is 0 Å². The Bertz CT molecular complexity index is 823. The molecule has 2 rings (SSSR count). The summed E-state index contributed by atoms with van der Waals surface area (Å²) >= 11 is 0. The fourth-order valence-electron chi connectivity index (χ4n) is 2.76. The van der Waals surface area contributed by atoms with E-state index in [0.29, 0.717) is 11.5 Å². The highest BCUT2D eigenvalue weighted by Crippen LogP contribution is 2.27. The van der Waals surface area contributed by atoms with Crippen LogP contribution in [0.5, 0.6) is 11.5 Å². The predicted molar refractivity (Wildman–Crippen MR) is 116 cm³/mol. The third kappa shape index (κ3) is 7.80. The Labute approximate surface area is 170 Å². The van der Waals surface area contributed by atoms with Gasteiger partial charge in [-0.25, -0.2) is 8.42 Å². The molecule has 0 amide bonds. The van der Waals surface area contributed by atoms with Gasteiger partial charge in [-0.1, -0.05) is 37.6 Å². The summed E-state index contributed by atoms with van der Waals surface area (Å²) in [5.41, 5.74) is 4.00. The second-order valence-corrected chi connectivity index (χ2v) is 8.70. The number of methoxy groups -OCH3 is 2. The van der Waals surface area contributed by atoms with Crippen LogP contribution in [-0.4, -0.2) is 35.4 Å². The van der Waals surface area contributed by atoms with Crippen molar-refractivity contribution in [1.29, 1.82) is 0 Å². The highest BCUT2D eigenvalue weighted by Gasteiger charge is 2.14. The number of rotatable bonds is 7. The molecule has 0 aliphatic carbocycles. The molecule has 6 heteroatoms. The number of nitrogens with one attached hydrogen (secondary N) is 1. The first-order valence-electron chi connectivity index (χ1n) is 9.44. The van der Waals surface area contributed by atoms with E-state index >= 15 is 0 Å². The number of hydrogen-bond donors (Lipinski definition) is 1. The lowest BCUT2D eigenvalue weighted by Gasteiger charge is -2.17. The van der Waals surface area contributed by atoms with Crippen molar-refractivity contribution in [3.05, 3.63) is 53.8 Å². The first kappa shape index (κ1) is 23.8. The van der Waals surface area contributed by atoms with Gasteiger partial charge in [0.25, 0.3) is 0 Å². The van der Waals surface area contributed by atoms with Gasteiger partial charge in [-0.05, 0) is 43.9 Å². The van der Waals surface area contributed by atoms with E-state index < -0.39 is 9.84 Å². The summed E-state index contributed by atoms with van der Waals surface area (Å²) in [4.78, 5) is 0.138. The maximum Gasteiger partial charge on any atom is 0.179 e. The SMILES string of the molecule is C=C(/C=C\C1=C(C)NCCC1)CCC.COc1ccc(OC)c(S(C)(=O)=O)c1. The van der Waals surface area contributed by atoms with Crippen molar-refractivity contribution in [1.82, 2.24) is 5.32 Å². The zero-order valence-electron chi connectivity index (χ0n) is 17.7. The minimum atomic E-state index is -3.28. The van der Waals surface area contributed by atoms with E-state index in [4.69, 9.17) is 9.47 Å². The van der Waals surface area contributed by atoms with Crippen molar-refractivity contribution in [3.8, 4) is 11.5 Å². The van der Waals surface area contributed by atoms with E-state index in [-0.39, 0.29) is 4.90 Å². The van der Waals surface area contributed by atoms with Gasteiger partial charge >= 0.3 is 0 Å². The maximum atomic E-state index is 11.3. The standard InChI is InChI=1S/C13H21N.C9H12O4S/c1-4-6-11(2)8-9-13-7-5-10-14-12(13)3;1-12-7-4-5-8(13-2)9(6-7)14(3,10)11/h8-9,14H,2,4-7,10H2,1,3H3;4-6H,1-3H3/b9-8-;. The topological polar surface area (TPSA) is 64.6 Å². The fourth-order valence-corrected chi connectivity index (χ4v) is 3.61. The van der Waals surface area contributed by atoms with Crippen molar-refractivity contribution in [2.45, 2.75) is 44.4 Å². The van der Waals surface area contributed by atoms with Crippen LogP contribution in [0.3, 0.4) is 0 Å². The number of sulfone groups is 1. The highest BCUT2D eigenvalue weighted by atomic mass is 32.2. The highest BCUT2D eigenvalue weighted by molar-refractivity contribution is 7.90. The zero-order chi connectivity index (χ0) is 21.2. The molecule has 0 saturated heterocycles. The van der Waals surface area contributed by atoms with Gasteiger partial charge in [-0.3, -0.25) is 0 Å². The fraction of sp³-hybridized carbons (Fsp3) is 0.455. The molecule has 1 aliphatic rings. The molecule has 1 aliphatic heterocycles. The van der Waals surface area contributed by atoms with Gasteiger partial charge in [-0.2, -0.15) is 0 Å². The third-order valence-electron chi connectivity index (χ3n) is 4.36. The Morgan fingerprint density at radius 2 is 2.00 bits per heavy atom. The summed E-state index contributed by atoms with van der Waals surface area (Å²) in [6.45, 7) is 9.49. The first-order chi connectivity index (χ1) is 13.2. The van der Waals surface area contributed by atoms with Crippen LogP contribution in [-0.2, 0) is 9.84 Å². The summed E-state index contributed by atoms with van der Waals surface area (Å²) in [5, 5.41) is 3.39. The smallest absolute Gasteiger partial charge is 0.179 e. The third-order valence-corrected chi connectivity index (χ3v) is 5.47. The molecular weight excluding hydrogens is 374 g/mol. The molecule has 0 unspecified atom stereocenters. The van der Waals surface area contributed by atoms with Crippen LogP contribution in [0, 0.1) is 0 Å². The summed E-state index contributed by atoms with van der Waals surface area (Å²) in [6, 6.07) is 4.65. The molecule has 0 saturated carbocycles. The van der Waals surface area contributed by atoms with Crippen LogP contribution in [0.25, 0.3) is 0 Å². The Kier molecular flexibility index (Phi) is 9.87. The summed E-state index contributed by atoms with van der Waals surface area (Å²) in [6.07, 6.45) is 10.3. The van der Waals surface area contributed by atoms with Gasteiger partial charge in [0, 0.05) is 24.6 Å². The second kappa shape index (κ2) is 11.6. The predicted octanol–water partition coefficient (Wildman–Crippen LogP) is 4.66. The van der Waals surface area contributed by atoms with Crippen LogP contribution in [0.15, 0.2) is 58.7 Å². The molecule has 5 nitrogen and oxygen atoms in total. The summed E-state index contributed by atoms with van der Waals surface area (Å²) in [7, 11) is -0.376. The normalized spacial score (nSPS) is 14.2. The summed E-state index contributed by atoms with van der Waals surface area (Å²) < 4.78 is 32.6. The molecule has 0 fully saturated rings.